The summed E-state index contributed by atoms with van der Waals surface area (Å²) in [6.07, 6.45) is 5.59. The second kappa shape index (κ2) is 6.62. The van der Waals surface area contributed by atoms with Crippen molar-refractivity contribution in [2.75, 3.05) is 6.54 Å². The minimum atomic E-state index is -0.306. The van der Waals surface area contributed by atoms with Crippen LogP contribution in [0.4, 0.5) is 9.18 Å². The van der Waals surface area contributed by atoms with Crippen molar-refractivity contribution in [3.8, 4) is 0 Å². The Balaban J connectivity index is 1.47. The maximum Gasteiger partial charge on any atom is 0.407 e. The summed E-state index contributed by atoms with van der Waals surface area (Å²) in [5, 5.41) is 3.63. The van der Waals surface area contributed by atoms with Crippen LogP contribution >= 0.6 is 0 Å². The third kappa shape index (κ3) is 3.20. The van der Waals surface area contributed by atoms with Gasteiger partial charge in [-0.2, -0.15) is 0 Å². The van der Waals surface area contributed by atoms with Crippen LogP contribution in [-0.4, -0.2) is 23.7 Å². The molecule has 0 bridgehead atoms. The predicted molar refractivity (Wildman–Crippen MR) is 93.8 cm³/mol. The van der Waals surface area contributed by atoms with Crippen molar-refractivity contribution in [1.82, 2.24) is 10.3 Å². The van der Waals surface area contributed by atoms with Crippen LogP contribution in [0.15, 0.2) is 30.5 Å². The van der Waals surface area contributed by atoms with Crippen LogP contribution < -0.4 is 5.32 Å². The zero-order valence-corrected chi connectivity index (χ0v) is 14.4. The molecule has 0 saturated heterocycles. The third-order valence-corrected chi connectivity index (χ3v) is 5.74. The number of halogens is 1. The van der Waals surface area contributed by atoms with Crippen molar-refractivity contribution in [3.05, 3.63) is 41.8 Å². The molecule has 2 fully saturated rings. The first-order chi connectivity index (χ1) is 12.1. The number of nitrogens with one attached hydrogen (secondary N) is 1. The molecule has 25 heavy (non-hydrogen) atoms. The number of pyridine rings is 1. The molecule has 4 atom stereocenters. The predicted octanol–water partition coefficient (Wildman–Crippen LogP) is 4.39. The molecule has 1 aromatic heterocycles. The fourth-order valence-electron chi connectivity index (χ4n) is 4.74. The average Bonchev–Trinajstić information content (AvgIpc) is 3.12. The van der Waals surface area contributed by atoms with E-state index in [1.54, 1.807) is 12.1 Å². The summed E-state index contributed by atoms with van der Waals surface area (Å²) in [6, 6.07) is 6.86. The molecule has 4 nitrogen and oxygen atoms in total. The molecule has 5 heteroatoms. The number of alkyl carbamates (subject to hydrolysis) is 1. The Morgan fingerprint density at radius 2 is 2.00 bits per heavy atom. The first-order valence-corrected chi connectivity index (χ1v) is 9.12. The summed E-state index contributed by atoms with van der Waals surface area (Å²) in [4.78, 5) is 16.0. The van der Waals surface area contributed by atoms with Gasteiger partial charge in [-0.25, -0.2) is 9.18 Å². The maximum absolute atomic E-state index is 13.7. The van der Waals surface area contributed by atoms with Gasteiger partial charge in [0, 0.05) is 18.1 Å². The van der Waals surface area contributed by atoms with Crippen molar-refractivity contribution in [3.63, 3.8) is 0 Å². The van der Waals surface area contributed by atoms with Crippen LogP contribution in [0.2, 0.25) is 0 Å². The van der Waals surface area contributed by atoms with E-state index >= 15 is 0 Å². The van der Waals surface area contributed by atoms with Crippen LogP contribution in [-0.2, 0) is 4.74 Å². The Morgan fingerprint density at radius 1 is 1.24 bits per heavy atom. The molecule has 4 rings (SSSR count). The summed E-state index contributed by atoms with van der Waals surface area (Å²) in [5.41, 5.74) is 2.06. The van der Waals surface area contributed by atoms with Crippen LogP contribution in [0.25, 0.3) is 10.9 Å². The summed E-state index contributed by atoms with van der Waals surface area (Å²) in [7, 11) is 0. The summed E-state index contributed by atoms with van der Waals surface area (Å²) >= 11 is 0. The first-order valence-electron chi connectivity index (χ1n) is 9.12. The van der Waals surface area contributed by atoms with E-state index in [2.05, 4.69) is 10.3 Å². The lowest BCUT2D eigenvalue weighted by molar-refractivity contribution is 0.0963. The highest BCUT2D eigenvalue weighted by Gasteiger charge is 2.43. The highest BCUT2D eigenvalue weighted by atomic mass is 19.1. The van der Waals surface area contributed by atoms with E-state index < -0.39 is 0 Å². The Hall–Kier alpha value is -2.17. The molecule has 132 valence electrons. The Kier molecular flexibility index (Phi) is 4.32. The zero-order valence-electron chi connectivity index (χ0n) is 14.4. The Labute approximate surface area is 146 Å². The summed E-state index contributed by atoms with van der Waals surface area (Å²) in [5.74, 6) is 1.39. The number of hydrogen-bond donors (Lipinski definition) is 1. The normalized spacial score (nSPS) is 28.1. The van der Waals surface area contributed by atoms with Crippen molar-refractivity contribution in [2.24, 2.45) is 11.8 Å². The van der Waals surface area contributed by atoms with Crippen LogP contribution in [0.5, 0.6) is 0 Å². The molecular weight excluding hydrogens is 319 g/mol. The van der Waals surface area contributed by atoms with Gasteiger partial charge in [-0.15, -0.1) is 0 Å². The second-order valence-corrected chi connectivity index (χ2v) is 7.28. The number of carbonyl (C=O) groups is 1. The third-order valence-electron chi connectivity index (χ3n) is 5.74. The highest BCUT2D eigenvalue weighted by Crippen LogP contribution is 2.52. The lowest BCUT2D eigenvalue weighted by atomic mass is 9.92. The van der Waals surface area contributed by atoms with Crippen LogP contribution in [0.1, 0.15) is 44.1 Å². The van der Waals surface area contributed by atoms with Gasteiger partial charge >= 0.3 is 6.09 Å². The van der Waals surface area contributed by atoms with Crippen molar-refractivity contribution < 1.29 is 13.9 Å². The molecule has 2 aliphatic rings. The van der Waals surface area contributed by atoms with Gasteiger partial charge in [0.25, 0.3) is 0 Å². The number of fused-ring (bicyclic) bond motifs is 2. The maximum atomic E-state index is 13.7. The monoisotopic (exact) mass is 342 g/mol. The van der Waals surface area contributed by atoms with E-state index in [1.807, 2.05) is 19.2 Å². The van der Waals surface area contributed by atoms with Gasteiger partial charge < -0.3 is 10.1 Å². The van der Waals surface area contributed by atoms with Gasteiger partial charge in [0.05, 0.1) is 5.52 Å². The topological polar surface area (TPSA) is 51.2 Å². The highest BCUT2D eigenvalue weighted by molar-refractivity contribution is 5.82. The van der Waals surface area contributed by atoms with Gasteiger partial charge in [-0.3, -0.25) is 4.98 Å². The molecule has 2 aromatic rings. The fraction of sp³-hybridized carbons (Fsp3) is 0.500. The van der Waals surface area contributed by atoms with E-state index in [0.29, 0.717) is 24.3 Å². The molecule has 0 spiro atoms. The smallest absolute Gasteiger partial charge is 0.407 e. The number of carbonyl (C=O) groups excluding carboxylic acids is 1. The van der Waals surface area contributed by atoms with Gasteiger partial charge in [-0.1, -0.05) is 0 Å². The molecule has 0 aliphatic heterocycles. The van der Waals surface area contributed by atoms with Gasteiger partial charge in [0.1, 0.15) is 11.9 Å². The SMILES string of the molecule is CCNC(=O)O[C@H]1CC2C[C@H](c3ccnc4ccc(F)cc34)C[C@@H]2C1. The molecule has 1 aromatic carbocycles. The standard InChI is InChI=1S/C20H23FN2O2/c1-2-22-20(24)25-16-9-12-7-14(8-13(12)10-16)17-5-6-23-19-4-3-15(21)11-18(17)19/h3-6,11-14,16H,2,7-10H2,1H3,(H,22,24)/t12-,13?,14-,16-/m1/s1. The van der Waals surface area contributed by atoms with E-state index in [1.165, 1.54) is 11.6 Å². The number of benzene rings is 1. The number of rotatable bonds is 3. The van der Waals surface area contributed by atoms with Crippen LogP contribution in [0.3, 0.4) is 0 Å². The molecule has 1 heterocycles. The number of aromatic nitrogens is 1. The Morgan fingerprint density at radius 3 is 2.72 bits per heavy atom. The fourth-order valence-corrected chi connectivity index (χ4v) is 4.74. The molecule has 1 N–H and O–H groups in total. The van der Waals surface area contributed by atoms with Crippen molar-refractivity contribution in [2.45, 2.75) is 44.6 Å². The molecule has 1 unspecified atom stereocenters. The number of ether oxygens (including phenoxy) is 1. The van der Waals surface area contributed by atoms with Crippen LogP contribution in [0, 0.1) is 17.7 Å². The van der Waals surface area contributed by atoms with Gasteiger partial charge in [0.15, 0.2) is 0 Å². The van der Waals surface area contributed by atoms with E-state index in [0.717, 1.165) is 36.6 Å². The molecule has 2 aliphatic carbocycles. The second-order valence-electron chi connectivity index (χ2n) is 7.28. The lowest BCUT2D eigenvalue weighted by Crippen LogP contribution is -2.27. The molecule has 2 saturated carbocycles. The summed E-state index contributed by atoms with van der Waals surface area (Å²) in [6.45, 7) is 2.48. The van der Waals surface area contributed by atoms with Gasteiger partial charge in [-0.05, 0) is 80.2 Å². The first kappa shape index (κ1) is 16.3. The number of nitrogens with zero attached hydrogens (tertiary/aromatic N) is 1. The lowest BCUT2D eigenvalue weighted by Gasteiger charge is -2.17. The van der Waals surface area contributed by atoms with Crippen molar-refractivity contribution in [1.29, 1.82) is 0 Å². The summed E-state index contributed by atoms with van der Waals surface area (Å²) < 4.78 is 19.2. The number of hydrogen-bond acceptors (Lipinski definition) is 3. The quantitative estimate of drug-likeness (QED) is 0.900. The van der Waals surface area contributed by atoms with Gasteiger partial charge in [0.2, 0.25) is 0 Å². The minimum Gasteiger partial charge on any atom is -0.446 e. The average molecular weight is 342 g/mol. The minimum absolute atomic E-state index is 0.0362. The zero-order chi connectivity index (χ0) is 17.4. The molecular formula is C20H23FN2O2. The Bertz CT molecular complexity index is 780. The van der Waals surface area contributed by atoms with E-state index in [9.17, 15) is 9.18 Å². The number of amides is 1. The largest absolute Gasteiger partial charge is 0.446 e. The van der Waals surface area contributed by atoms with E-state index in [4.69, 9.17) is 4.74 Å². The van der Waals surface area contributed by atoms with Crippen molar-refractivity contribution >= 4 is 17.0 Å². The van der Waals surface area contributed by atoms with E-state index in [-0.39, 0.29) is 18.0 Å². The molecule has 0 radical (unpaired) electrons. The molecule has 1 amide bonds.